The fraction of sp³-hybridized carbons (Fsp3) is 0.241. The molecule has 3 aromatic heterocycles. The number of carbonyl (C=O) groups excluding carboxylic acids is 1. The number of carbonyl (C=O) groups is 1. The van der Waals surface area contributed by atoms with Gasteiger partial charge >= 0.3 is 5.97 Å². The third-order valence-electron chi connectivity index (χ3n) is 7.14. The summed E-state index contributed by atoms with van der Waals surface area (Å²) in [6, 6.07) is 20.8. The molecule has 0 bridgehead atoms. The Morgan fingerprint density at radius 3 is 2.54 bits per heavy atom. The van der Waals surface area contributed by atoms with Crippen LogP contribution >= 0.6 is 0 Å². The van der Waals surface area contributed by atoms with Crippen molar-refractivity contribution in [3.05, 3.63) is 84.9 Å². The highest BCUT2D eigenvalue weighted by Crippen LogP contribution is 2.39. The zero-order chi connectivity index (χ0) is 23.8. The minimum absolute atomic E-state index is 0.00639. The first-order chi connectivity index (χ1) is 17.2. The Kier molecular flexibility index (Phi) is 5.49. The fourth-order valence-corrected chi connectivity index (χ4v) is 5.26. The van der Waals surface area contributed by atoms with Crippen LogP contribution in [0, 0.1) is 5.92 Å². The van der Waals surface area contributed by atoms with E-state index in [0.29, 0.717) is 5.92 Å². The molecule has 1 fully saturated rings. The van der Waals surface area contributed by atoms with Crippen molar-refractivity contribution in [1.82, 2.24) is 19.4 Å². The van der Waals surface area contributed by atoms with Crippen molar-refractivity contribution >= 4 is 22.4 Å². The smallest absolute Gasteiger partial charge is 0.308 e. The van der Waals surface area contributed by atoms with Crippen molar-refractivity contribution in [3.8, 4) is 22.6 Å². The molecule has 0 atom stereocenters. The first-order valence-electron chi connectivity index (χ1n) is 12.1. The van der Waals surface area contributed by atoms with Gasteiger partial charge in [-0.25, -0.2) is 9.97 Å². The number of hydrogen-bond donors (Lipinski definition) is 0. The van der Waals surface area contributed by atoms with Crippen molar-refractivity contribution < 1.29 is 9.53 Å². The Morgan fingerprint density at radius 2 is 1.74 bits per heavy atom. The number of benzene rings is 2. The molecule has 1 aliphatic rings. The lowest BCUT2D eigenvalue weighted by Gasteiger charge is -2.25. The van der Waals surface area contributed by atoms with Gasteiger partial charge in [0, 0.05) is 34.8 Å². The lowest BCUT2D eigenvalue weighted by molar-refractivity contribution is -0.146. The molecule has 0 spiro atoms. The lowest BCUT2D eigenvalue weighted by Crippen LogP contribution is -2.22. The van der Waals surface area contributed by atoms with Gasteiger partial charge in [-0.15, -0.1) is 0 Å². The molecule has 0 radical (unpaired) electrons. The van der Waals surface area contributed by atoms with E-state index in [-0.39, 0.29) is 11.9 Å². The Hall–Kier alpha value is -4.06. The zero-order valence-electron chi connectivity index (χ0n) is 19.6. The molecular formula is C29H26N4O2. The zero-order valence-corrected chi connectivity index (χ0v) is 19.6. The molecular weight excluding hydrogens is 436 g/mol. The molecule has 2 aromatic carbocycles. The second-order valence-corrected chi connectivity index (χ2v) is 9.19. The van der Waals surface area contributed by atoms with Gasteiger partial charge in [0.15, 0.2) is 0 Å². The summed E-state index contributed by atoms with van der Waals surface area (Å²) in [6.07, 6.45) is 9.15. The van der Waals surface area contributed by atoms with Crippen molar-refractivity contribution in [1.29, 1.82) is 0 Å². The first kappa shape index (κ1) is 21.5. The molecule has 6 nitrogen and oxygen atoms in total. The molecule has 174 valence electrons. The van der Waals surface area contributed by atoms with Crippen LogP contribution < -0.4 is 0 Å². The molecule has 6 heteroatoms. The quantitative estimate of drug-likeness (QED) is 0.304. The van der Waals surface area contributed by atoms with Gasteiger partial charge in [-0.1, -0.05) is 48.5 Å². The summed E-state index contributed by atoms with van der Waals surface area (Å²) in [5.74, 6) is 1.08. The van der Waals surface area contributed by atoms with Crippen LogP contribution in [0.15, 0.2) is 79.3 Å². The Bertz CT molecular complexity index is 1520. The summed E-state index contributed by atoms with van der Waals surface area (Å²) >= 11 is 0. The normalized spacial score (nSPS) is 18.1. The maximum Gasteiger partial charge on any atom is 0.308 e. The van der Waals surface area contributed by atoms with Crippen LogP contribution in [-0.4, -0.2) is 32.4 Å². The Labute approximate surface area is 203 Å². The predicted molar refractivity (Wildman–Crippen MR) is 136 cm³/mol. The summed E-state index contributed by atoms with van der Waals surface area (Å²) in [7, 11) is 1.47. The van der Waals surface area contributed by atoms with E-state index >= 15 is 0 Å². The average molecular weight is 463 g/mol. The SMILES string of the molecule is COC(=O)C1CCC(c2nc(-c3ccc4ccc(-c5ccccc5)nc4c3)n3ccncc23)CC1. The highest BCUT2D eigenvalue weighted by Gasteiger charge is 2.30. The molecule has 6 rings (SSSR count). The molecule has 0 amide bonds. The summed E-state index contributed by atoms with van der Waals surface area (Å²) in [4.78, 5) is 26.4. The monoisotopic (exact) mass is 462 g/mol. The Morgan fingerprint density at radius 1 is 0.943 bits per heavy atom. The summed E-state index contributed by atoms with van der Waals surface area (Å²) in [6.45, 7) is 0. The van der Waals surface area contributed by atoms with Crippen LogP contribution in [0.2, 0.25) is 0 Å². The topological polar surface area (TPSA) is 69.4 Å². The van der Waals surface area contributed by atoms with Crippen molar-refractivity contribution in [2.45, 2.75) is 31.6 Å². The predicted octanol–water partition coefficient (Wildman–Crippen LogP) is 6.06. The third-order valence-corrected chi connectivity index (χ3v) is 7.14. The average Bonchev–Trinajstić information content (AvgIpc) is 3.32. The molecule has 5 aromatic rings. The number of ether oxygens (including phenoxy) is 1. The number of hydrogen-bond acceptors (Lipinski definition) is 5. The van der Waals surface area contributed by atoms with Gasteiger partial charge in [-0.05, 0) is 37.8 Å². The van der Waals surface area contributed by atoms with Gasteiger partial charge in [-0.2, -0.15) is 0 Å². The largest absolute Gasteiger partial charge is 0.469 e. The molecule has 0 unspecified atom stereocenters. The van der Waals surface area contributed by atoms with Crippen LogP contribution in [0.5, 0.6) is 0 Å². The third kappa shape index (κ3) is 3.95. The van der Waals surface area contributed by atoms with Crippen molar-refractivity contribution in [2.75, 3.05) is 7.11 Å². The van der Waals surface area contributed by atoms with E-state index in [1.807, 2.05) is 30.6 Å². The minimum atomic E-state index is -0.0981. The van der Waals surface area contributed by atoms with E-state index in [4.69, 9.17) is 14.7 Å². The van der Waals surface area contributed by atoms with Gasteiger partial charge in [0.2, 0.25) is 0 Å². The second kappa shape index (κ2) is 8.95. The van der Waals surface area contributed by atoms with E-state index < -0.39 is 0 Å². The van der Waals surface area contributed by atoms with E-state index in [1.54, 1.807) is 6.20 Å². The minimum Gasteiger partial charge on any atom is -0.469 e. The first-order valence-corrected chi connectivity index (χ1v) is 12.1. The molecule has 1 aliphatic carbocycles. The van der Waals surface area contributed by atoms with Gasteiger partial charge in [0.05, 0.1) is 41.6 Å². The number of imidazole rings is 1. The molecule has 0 N–H and O–H groups in total. The van der Waals surface area contributed by atoms with Crippen LogP contribution in [0.4, 0.5) is 0 Å². The van der Waals surface area contributed by atoms with Crippen LogP contribution in [0.25, 0.3) is 39.1 Å². The van der Waals surface area contributed by atoms with Crippen LogP contribution in [0.1, 0.15) is 37.3 Å². The van der Waals surface area contributed by atoms with Crippen molar-refractivity contribution in [2.24, 2.45) is 5.92 Å². The van der Waals surface area contributed by atoms with E-state index in [1.165, 1.54) is 7.11 Å². The van der Waals surface area contributed by atoms with Gasteiger partial charge < -0.3 is 4.74 Å². The fourth-order valence-electron chi connectivity index (χ4n) is 5.26. The maximum absolute atomic E-state index is 12.0. The molecule has 0 saturated heterocycles. The molecule has 0 aliphatic heterocycles. The summed E-state index contributed by atoms with van der Waals surface area (Å²) < 4.78 is 7.08. The molecule has 3 heterocycles. The summed E-state index contributed by atoms with van der Waals surface area (Å²) in [5.41, 5.74) is 6.09. The van der Waals surface area contributed by atoms with Gasteiger partial charge in [0.25, 0.3) is 0 Å². The summed E-state index contributed by atoms with van der Waals surface area (Å²) in [5, 5.41) is 1.09. The second-order valence-electron chi connectivity index (χ2n) is 9.19. The number of fused-ring (bicyclic) bond motifs is 2. The van der Waals surface area contributed by atoms with Crippen LogP contribution in [0.3, 0.4) is 0 Å². The molecule has 35 heavy (non-hydrogen) atoms. The van der Waals surface area contributed by atoms with E-state index in [2.05, 4.69) is 51.8 Å². The number of aromatic nitrogens is 4. The highest BCUT2D eigenvalue weighted by molar-refractivity contribution is 5.86. The van der Waals surface area contributed by atoms with Crippen LogP contribution in [-0.2, 0) is 9.53 Å². The maximum atomic E-state index is 12.0. The number of esters is 1. The van der Waals surface area contributed by atoms with Gasteiger partial charge in [0.1, 0.15) is 5.82 Å². The van der Waals surface area contributed by atoms with Gasteiger partial charge in [-0.3, -0.25) is 14.2 Å². The standard InChI is InChI=1S/C29H26N4O2/c1-35-29(34)22-10-8-21(9-11-22)27-26-18-30-15-16-33(26)28(32-27)23-12-7-20-13-14-24(31-25(20)17-23)19-5-3-2-4-6-19/h2-7,12-18,21-22H,8-11H2,1H3. The Balaban J connectivity index is 1.39. The lowest BCUT2D eigenvalue weighted by atomic mass is 9.80. The van der Waals surface area contributed by atoms with E-state index in [9.17, 15) is 4.79 Å². The van der Waals surface area contributed by atoms with Crippen molar-refractivity contribution in [3.63, 3.8) is 0 Å². The number of pyridine rings is 1. The number of methoxy groups -OCH3 is 1. The number of rotatable bonds is 4. The number of nitrogens with zero attached hydrogens (tertiary/aromatic N) is 4. The highest BCUT2D eigenvalue weighted by atomic mass is 16.5. The van der Waals surface area contributed by atoms with E-state index in [0.717, 1.165) is 70.4 Å². The molecule has 1 saturated carbocycles.